The van der Waals surface area contributed by atoms with Gasteiger partial charge in [-0.25, -0.2) is 9.37 Å². The SMILES string of the molecule is CN=C(NCCc1ccccc1F)NCc1csc(-c2ccccc2)n1.I. The van der Waals surface area contributed by atoms with Crippen LogP contribution in [0.5, 0.6) is 0 Å². The number of benzene rings is 2. The van der Waals surface area contributed by atoms with Crippen molar-refractivity contribution < 1.29 is 4.39 Å². The molecule has 7 heteroatoms. The number of guanidine groups is 1. The highest BCUT2D eigenvalue weighted by Gasteiger charge is 2.06. The van der Waals surface area contributed by atoms with E-state index in [0.717, 1.165) is 16.3 Å². The van der Waals surface area contributed by atoms with Crippen molar-refractivity contribution in [3.8, 4) is 10.6 Å². The molecule has 0 saturated carbocycles. The van der Waals surface area contributed by atoms with Crippen LogP contribution in [-0.4, -0.2) is 24.5 Å². The zero-order chi connectivity index (χ0) is 18.2. The van der Waals surface area contributed by atoms with Gasteiger partial charge in [-0.15, -0.1) is 35.3 Å². The van der Waals surface area contributed by atoms with Gasteiger partial charge in [0.2, 0.25) is 0 Å². The van der Waals surface area contributed by atoms with Gasteiger partial charge in [-0.2, -0.15) is 0 Å². The van der Waals surface area contributed by atoms with E-state index in [4.69, 9.17) is 0 Å². The highest BCUT2D eigenvalue weighted by atomic mass is 127. The first kappa shape index (κ1) is 21.3. The molecule has 2 N–H and O–H groups in total. The van der Waals surface area contributed by atoms with Crippen LogP contribution in [0.2, 0.25) is 0 Å². The second-order valence-corrected chi connectivity index (χ2v) is 6.56. The molecule has 4 nitrogen and oxygen atoms in total. The van der Waals surface area contributed by atoms with Crippen LogP contribution in [-0.2, 0) is 13.0 Å². The third-order valence-electron chi connectivity index (χ3n) is 3.88. The third-order valence-corrected chi connectivity index (χ3v) is 4.82. The summed E-state index contributed by atoms with van der Waals surface area (Å²) in [6, 6.07) is 17.0. The fraction of sp³-hybridized carbons (Fsp3) is 0.200. The molecule has 142 valence electrons. The van der Waals surface area contributed by atoms with E-state index in [0.29, 0.717) is 31.0 Å². The van der Waals surface area contributed by atoms with Crippen molar-refractivity contribution in [3.63, 3.8) is 0 Å². The van der Waals surface area contributed by atoms with E-state index in [9.17, 15) is 4.39 Å². The molecule has 0 bridgehead atoms. The summed E-state index contributed by atoms with van der Waals surface area (Å²) in [7, 11) is 1.72. The number of rotatable bonds is 6. The third kappa shape index (κ3) is 6.28. The number of nitrogens with zero attached hydrogens (tertiary/aromatic N) is 2. The van der Waals surface area contributed by atoms with Gasteiger partial charge in [-0.3, -0.25) is 4.99 Å². The summed E-state index contributed by atoms with van der Waals surface area (Å²) in [5, 5.41) is 9.49. The van der Waals surface area contributed by atoms with E-state index in [1.54, 1.807) is 30.5 Å². The molecule has 0 aliphatic carbocycles. The van der Waals surface area contributed by atoms with Gasteiger partial charge in [0.25, 0.3) is 0 Å². The topological polar surface area (TPSA) is 49.3 Å². The highest BCUT2D eigenvalue weighted by Crippen LogP contribution is 2.23. The molecule has 0 radical (unpaired) electrons. The summed E-state index contributed by atoms with van der Waals surface area (Å²) in [5.74, 6) is 0.503. The predicted molar refractivity (Wildman–Crippen MR) is 121 cm³/mol. The van der Waals surface area contributed by atoms with Gasteiger partial charge in [0.05, 0.1) is 12.2 Å². The Balaban J connectivity index is 0.00000261. The Bertz CT molecular complexity index is 867. The van der Waals surface area contributed by atoms with Crippen LogP contribution in [0.25, 0.3) is 10.6 Å². The molecule has 3 rings (SSSR count). The molecular weight excluding hydrogens is 474 g/mol. The number of hydrogen-bond donors (Lipinski definition) is 2. The quantitative estimate of drug-likeness (QED) is 0.301. The molecule has 1 aromatic heterocycles. The van der Waals surface area contributed by atoms with E-state index in [-0.39, 0.29) is 29.8 Å². The normalized spacial score (nSPS) is 11.0. The maximum Gasteiger partial charge on any atom is 0.191 e. The van der Waals surface area contributed by atoms with E-state index in [1.165, 1.54) is 6.07 Å². The molecule has 0 saturated heterocycles. The summed E-state index contributed by atoms with van der Waals surface area (Å²) in [5.41, 5.74) is 2.78. The zero-order valence-corrected chi connectivity index (χ0v) is 18.1. The molecule has 0 aliphatic rings. The highest BCUT2D eigenvalue weighted by molar-refractivity contribution is 14.0. The Hall–Kier alpha value is -2.00. The molecule has 0 atom stereocenters. The fourth-order valence-electron chi connectivity index (χ4n) is 2.51. The van der Waals surface area contributed by atoms with E-state index >= 15 is 0 Å². The minimum Gasteiger partial charge on any atom is -0.356 e. The first-order chi connectivity index (χ1) is 12.8. The lowest BCUT2D eigenvalue weighted by atomic mass is 10.1. The minimum absolute atomic E-state index is 0. The molecule has 0 spiro atoms. The summed E-state index contributed by atoms with van der Waals surface area (Å²) in [6.45, 7) is 1.19. The Kier molecular flexibility index (Phi) is 8.66. The summed E-state index contributed by atoms with van der Waals surface area (Å²) in [6.07, 6.45) is 0.599. The van der Waals surface area contributed by atoms with Crippen LogP contribution >= 0.6 is 35.3 Å². The smallest absolute Gasteiger partial charge is 0.191 e. The second kappa shape index (κ2) is 11.0. The van der Waals surface area contributed by atoms with Crippen molar-refractivity contribution >= 4 is 41.3 Å². The predicted octanol–water partition coefficient (Wildman–Crippen LogP) is 4.47. The summed E-state index contributed by atoms with van der Waals surface area (Å²) >= 11 is 1.63. The van der Waals surface area contributed by atoms with Gasteiger partial charge in [0, 0.05) is 24.5 Å². The average molecular weight is 496 g/mol. The van der Waals surface area contributed by atoms with Crippen LogP contribution in [0.1, 0.15) is 11.3 Å². The second-order valence-electron chi connectivity index (χ2n) is 5.70. The van der Waals surface area contributed by atoms with E-state index in [1.807, 2.05) is 29.6 Å². The molecule has 0 fully saturated rings. The van der Waals surface area contributed by atoms with Gasteiger partial charge in [-0.05, 0) is 18.1 Å². The largest absolute Gasteiger partial charge is 0.356 e. The fourth-order valence-corrected chi connectivity index (χ4v) is 3.34. The monoisotopic (exact) mass is 496 g/mol. The molecule has 2 aromatic carbocycles. The number of halogens is 2. The van der Waals surface area contributed by atoms with Crippen molar-refractivity contribution in [2.45, 2.75) is 13.0 Å². The van der Waals surface area contributed by atoms with Gasteiger partial charge in [0.1, 0.15) is 10.8 Å². The van der Waals surface area contributed by atoms with Gasteiger partial charge in [-0.1, -0.05) is 48.5 Å². The maximum atomic E-state index is 13.6. The van der Waals surface area contributed by atoms with Crippen molar-refractivity contribution in [1.29, 1.82) is 0 Å². The summed E-state index contributed by atoms with van der Waals surface area (Å²) < 4.78 is 13.6. The number of aliphatic imine (C=N–C) groups is 1. The molecule has 0 amide bonds. The molecule has 27 heavy (non-hydrogen) atoms. The molecular formula is C20H22FIN4S. The Morgan fingerprint density at radius 1 is 1.07 bits per heavy atom. The maximum absolute atomic E-state index is 13.6. The van der Waals surface area contributed by atoms with Crippen molar-refractivity contribution in [2.24, 2.45) is 4.99 Å². The van der Waals surface area contributed by atoms with Crippen LogP contribution in [0.3, 0.4) is 0 Å². The number of aromatic nitrogens is 1. The number of nitrogens with one attached hydrogen (secondary N) is 2. The first-order valence-electron chi connectivity index (χ1n) is 8.44. The number of thiazole rings is 1. The molecule has 1 heterocycles. The zero-order valence-electron chi connectivity index (χ0n) is 15.0. The van der Waals surface area contributed by atoms with Crippen LogP contribution in [0, 0.1) is 5.82 Å². The Morgan fingerprint density at radius 3 is 2.56 bits per heavy atom. The van der Waals surface area contributed by atoms with Crippen LogP contribution < -0.4 is 10.6 Å². The van der Waals surface area contributed by atoms with Gasteiger partial charge < -0.3 is 10.6 Å². The van der Waals surface area contributed by atoms with Gasteiger partial charge >= 0.3 is 0 Å². The molecule has 3 aromatic rings. The van der Waals surface area contributed by atoms with Crippen molar-refractivity contribution in [3.05, 3.63) is 77.1 Å². The van der Waals surface area contributed by atoms with E-state index in [2.05, 4.69) is 32.7 Å². The van der Waals surface area contributed by atoms with Crippen LogP contribution in [0.4, 0.5) is 4.39 Å². The van der Waals surface area contributed by atoms with E-state index < -0.39 is 0 Å². The lowest BCUT2D eigenvalue weighted by Gasteiger charge is -2.11. The average Bonchev–Trinajstić information content (AvgIpc) is 3.16. The Labute approximate surface area is 180 Å². The van der Waals surface area contributed by atoms with Crippen molar-refractivity contribution in [2.75, 3.05) is 13.6 Å². The van der Waals surface area contributed by atoms with Crippen molar-refractivity contribution in [1.82, 2.24) is 15.6 Å². The minimum atomic E-state index is -0.173. The standard InChI is InChI=1S/C20H21FN4S.HI/c1-22-20(23-12-11-15-7-5-6-10-18(15)21)24-13-17-14-26-19(25-17)16-8-3-2-4-9-16;/h2-10,14H,11-13H2,1H3,(H2,22,23,24);1H. The lowest BCUT2D eigenvalue weighted by molar-refractivity contribution is 0.606. The first-order valence-corrected chi connectivity index (χ1v) is 9.32. The van der Waals surface area contributed by atoms with Crippen LogP contribution in [0.15, 0.2) is 65.0 Å². The molecule has 0 aliphatic heterocycles. The van der Waals surface area contributed by atoms with Gasteiger partial charge in [0.15, 0.2) is 5.96 Å². The lowest BCUT2D eigenvalue weighted by Crippen LogP contribution is -2.38. The number of hydrogen-bond acceptors (Lipinski definition) is 3. The molecule has 0 unspecified atom stereocenters. The summed E-state index contributed by atoms with van der Waals surface area (Å²) in [4.78, 5) is 8.85. The Morgan fingerprint density at radius 2 is 1.81 bits per heavy atom.